The Kier molecular flexibility index (Phi) is 2.85. The summed E-state index contributed by atoms with van der Waals surface area (Å²) in [6.45, 7) is 1.20. The van der Waals surface area contributed by atoms with Crippen LogP contribution in [0.15, 0.2) is 0 Å². The fourth-order valence-corrected chi connectivity index (χ4v) is 3.84. The van der Waals surface area contributed by atoms with Crippen LogP contribution in [0.4, 0.5) is 0 Å². The first kappa shape index (κ1) is 12.9. The predicted octanol–water partition coefficient (Wildman–Crippen LogP) is 0.433. The highest BCUT2D eigenvalue weighted by atomic mass is 16.6. The molecule has 3 fully saturated rings. The van der Waals surface area contributed by atoms with Gasteiger partial charge in [0.25, 0.3) is 0 Å². The molecule has 0 spiro atoms. The van der Waals surface area contributed by atoms with Crippen LogP contribution in [0.3, 0.4) is 0 Å². The summed E-state index contributed by atoms with van der Waals surface area (Å²) < 4.78 is 11.5. The largest absolute Gasteiger partial charge is 0.462 e. The molecule has 1 saturated heterocycles. The van der Waals surface area contributed by atoms with Crippen LogP contribution in [-0.2, 0) is 19.1 Å². The number of likely N-dealkylation sites (N-methyl/N-ethyl adjacent to an activating group) is 1. The van der Waals surface area contributed by atoms with Crippen LogP contribution in [0.2, 0.25) is 0 Å². The Hall–Kier alpha value is -1.10. The van der Waals surface area contributed by atoms with Crippen molar-refractivity contribution < 1.29 is 23.5 Å². The number of fused-ring (bicyclic) bond motifs is 1. The molecule has 0 amide bonds. The fraction of sp³-hybridized carbons (Fsp3) is 0.857. The molecule has 0 aromatic carbocycles. The van der Waals surface area contributed by atoms with Crippen molar-refractivity contribution >= 4 is 11.9 Å². The van der Waals surface area contributed by atoms with Gasteiger partial charge in [-0.1, -0.05) is 0 Å². The topological polar surface area (TPSA) is 52.6 Å². The monoisotopic (exact) mass is 268 g/mol. The number of hydrogen-bond acceptors (Lipinski definition) is 4. The zero-order chi connectivity index (χ0) is 13.8. The van der Waals surface area contributed by atoms with Crippen LogP contribution in [0.25, 0.3) is 0 Å². The number of esters is 2. The summed E-state index contributed by atoms with van der Waals surface area (Å²) in [5, 5.41) is 0. The second-order valence-corrected chi connectivity index (χ2v) is 7.10. The van der Waals surface area contributed by atoms with Gasteiger partial charge in [-0.25, -0.2) is 0 Å². The summed E-state index contributed by atoms with van der Waals surface area (Å²) >= 11 is 0. The molecule has 1 heterocycles. The smallest absolute Gasteiger partial charge is 0.310 e. The van der Waals surface area contributed by atoms with Crippen molar-refractivity contribution in [2.45, 2.75) is 18.9 Å². The number of hydrogen-bond donors (Lipinski definition) is 0. The minimum Gasteiger partial charge on any atom is -0.462 e. The second kappa shape index (κ2) is 4.20. The lowest BCUT2D eigenvalue weighted by Crippen LogP contribution is -2.39. The van der Waals surface area contributed by atoms with Crippen molar-refractivity contribution in [3.05, 3.63) is 0 Å². The molecular formula is C14H22NO4+. The van der Waals surface area contributed by atoms with Crippen LogP contribution in [0.1, 0.15) is 12.8 Å². The van der Waals surface area contributed by atoms with Crippen molar-refractivity contribution in [2.24, 2.45) is 23.7 Å². The van der Waals surface area contributed by atoms with Gasteiger partial charge in [0.15, 0.2) is 0 Å². The van der Waals surface area contributed by atoms with E-state index in [1.807, 2.05) is 0 Å². The molecule has 0 aromatic rings. The van der Waals surface area contributed by atoms with E-state index in [4.69, 9.17) is 9.47 Å². The van der Waals surface area contributed by atoms with Gasteiger partial charge < -0.3 is 14.0 Å². The Labute approximate surface area is 113 Å². The van der Waals surface area contributed by atoms with Gasteiger partial charge in [0.05, 0.1) is 33.0 Å². The number of ether oxygens (including phenoxy) is 2. The van der Waals surface area contributed by atoms with Crippen molar-refractivity contribution in [3.63, 3.8) is 0 Å². The lowest BCUT2D eigenvalue weighted by molar-refractivity contribution is -0.870. The third-order valence-electron chi connectivity index (χ3n) is 4.76. The highest BCUT2D eigenvalue weighted by Crippen LogP contribution is 2.57. The standard InChI is InChI=1S/C14H22NO4/c1-15(2,3)4-5-18-13(16)11-8-6-9-10(7-8)19-14(17)12(9)11/h8-12H,4-7H2,1-3H3/q+1/t8-,9+,10-,11-,12+/m1/s1. The molecule has 0 unspecified atom stereocenters. The summed E-state index contributed by atoms with van der Waals surface area (Å²) in [5.74, 6) is -0.271. The van der Waals surface area contributed by atoms with Crippen molar-refractivity contribution in [3.8, 4) is 0 Å². The Morgan fingerprint density at radius 3 is 2.79 bits per heavy atom. The molecular weight excluding hydrogens is 246 g/mol. The maximum Gasteiger partial charge on any atom is 0.310 e. The molecule has 0 radical (unpaired) electrons. The maximum absolute atomic E-state index is 12.2. The quantitative estimate of drug-likeness (QED) is 0.548. The zero-order valence-electron chi connectivity index (χ0n) is 11.8. The average Bonchev–Trinajstić information content (AvgIpc) is 2.86. The van der Waals surface area contributed by atoms with E-state index in [9.17, 15) is 9.59 Å². The summed E-state index contributed by atoms with van der Waals surface area (Å²) in [5.41, 5.74) is 0. The number of rotatable bonds is 4. The number of carbonyl (C=O) groups is 2. The maximum atomic E-state index is 12.2. The molecule has 3 rings (SSSR count). The van der Waals surface area contributed by atoms with Crippen LogP contribution >= 0.6 is 0 Å². The minimum atomic E-state index is -0.247. The second-order valence-electron chi connectivity index (χ2n) is 7.10. The van der Waals surface area contributed by atoms with E-state index in [2.05, 4.69) is 21.1 Å². The molecule has 106 valence electrons. The van der Waals surface area contributed by atoms with Gasteiger partial charge >= 0.3 is 11.9 Å². The van der Waals surface area contributed by atoms with Crippen LogP contribution in [-0.4, -0.2) is 56.8 Å². The Morgan fingerprint density at radius 2 is 2.11 bits per heavy atom. The van der Waals surface area contributed by atoms with E-state index in [0.717, 1.165) is 23.9 Å². The van der Waals surface area contributed by atoms with Crippen LogP contribution in [0, 0.1) is 23.7 Å². The molecule has 2 bridgehead atoms. The molecule has 19 heavy (non-hydrogen) atoms. The Bertz CT molecular complexity index is 412. The third kappa shape index (κ3) is 2.14. The SMILES string of the molecule is C[N+](C)(C)CCOC(=O)[C@@H]1[C@@H]2C[C@@H]3[C@@H]1C(=O)O[C@@H]3C2. The highest BCUT2D eigenvalue weighted by Gasteiger charge is 2.64. The summed E-state index contributed by atoms with van der Waals surface area (Å²) in [7, 11) is 6.18. The molecule has 1 aliphatic heterocycles. The molecule has 0 aromatic heterocycles. The molecule has 5 atom stereocenters. The van der Waals surface area contributed by atoms with Crippen molar-refractivity contribution in [2.75, 3.05) is 34.3 Å². The van der Waals surface area contributed by atoms with E-state index in [1.165, 1.54) is 0 Å². The Balaban J connectivity index is 1.60. The van der Waals surface area contributed by atoms with Gasteiger partial charge in [0.2, 0.25) is 0 Å². The molecule has 2 saturated carbocycles. The van der Waals surface area contributed by atoms with Gasteiger partial charge in [-0.15, -0.1) is 0 Å². The first-order chi connectivity index (χ1) is 8.87. The van der Waals surface area contributed by atoms with Crippen molar-refractivity contribution in [1.82, 2.24) is 0 Å². The summed E-state index contributed by atoms with van der Waals surface area (Å²) in [4.78, 5) is 24.0. The van der Waals surface area contributed by atoms with Crippen molar-refractivity contribution in [1.29, 1.82) is 0 Å². The minimum absolute atomic E-state index is 0.0813. The zero-order valence-corrected chi connectivity index (χ0v) is 11.8. The number of quaternary nitrogens is 1. The molecule has 2 aliphatic carbocycles. The molecule has 5 heteroatoms. The van der Waals surface area contributed by atoms with E-state index < -0.39 is 0 Å². The van der Waals surface area contributed by atoms with Crippen LogP contribution in [0.5, 0.6) is 0 Å². The summed E-state index contributed by atoms with van der Waals surface area (Å²) in [6, 6.07) is 0. The van der Waals surface area contributed by atoms with Gasteiger partial charge in [-0.3, -0.25) is 9.59 Å². The highest BCUT2D eigenvalue weighted by molar-refractivity contribution is 5.85. The average molecular weight is 268 g/mol. The van der Waals surface area contributed by atoms with Gasteiger partial charge in [-0.2, -0.15) is 0 Å². The van der Waals surface area contributed by atoms with Gasteiger partial charge in [-0.05, 0) is 18.8 Å². The Morgan fingerprint density at radius 1 is 1.37 bits per heavy atom. The van der Waals surface area contributed by atoms with E-state index in [0.29, 0.717) is 12.5 Å². The predicted molar refractivity (Wildman–Crippen MR) is 66.9 cm³/mol. The van der Waals surface area contributed by atoms with E-state index in [1.54, 1.807) is 0 Å². The lowest BCUT2D eigenvalue weighted by Gasteiger charge is -2.25. The first-order valence-electron chi connectivity index (χ1n) is 7.04. The third-order valence-corrected chi connectivity index (χ3v) is 4.76. The lowest BCUT2D eigenvalue weighted by atomic mass is 9.80. The molecule has 0 N–H and O–H groups in total. The van der Waals surface area contributed by atoms with Crippen LogP contribution < -0.4 is 0 Å². The normalized spacial score (nSPS) is 39.5. The molecule has 3 aliphatic rings. The summed E-state index contributed by atoms with van der Waals surface area (Å²) in [6.07, 6.45) is 1.89. The van der Waals surface area contributed by atoms with E-state index >= 15 is 0 Å². The van der Waals surface area contributed by atoms with Gasteiger partial charge in [0.1, 0.15) is 19.3 Å². The van der Waals surface area contributed by atoms with Gasteiger partial charge in [0, 0.05) is 5.92 Å². The molecule has 5 nitrogen and oxygen atoms in total. The number of carbonyl (C=O) groups excluding carboxylic acids is 2. The first-order valence-corrected chi connectivity index (χ1v) is 7.04. The fourth-order valence-electron chi connectivity index (χ4n) is 3.84. The van der Waals surface area contributed by atoms with E-state index in [-0.39, 0.29) is 35.8 Å². The number of nitrogens with zero attached hydrogens (tertiary/aromatic N) is 1.